The third kappa shape index (κ3) is 2.35. The second-order valence-corrected chi connectivity index (χ2v) is 2.77. The maximum absolute atomic E-state index is 10.7. The van der Waals surface area contributed by atoms with Crippen LogP contribution in [0, 0.1) is 5.92 Å². The van der Waals surface area contributed by atoms with E-state index in [1.54, 1.807) is 7.11 Å². The Morgan fingerprint density at radius 3 is 3.18 bits per heavy atom. The van der Waals surface area contributed by atoms with Crippen molar-refractivity contribution in [3.8, 4) is 0 Å². The van der Waals surface area contributed by atoms with Crippen molar-refractivity contribution in [1.82, 2.24) is 5.32 Å². The highest BCUT2D eigenvalue weighted by Crippen LogP contribution is 2.29. The Labute approximate surface area is 66.4 Å². The first-order chi connectivity index (χ1) is 5.27. The molecule has 3 nitrogen and oxygen atoms in total. The van der Waals surface area contributed by atoms with E-state index in [0.29, 0.717) is 12.0 Å². The van der Waals surface area contributed by atoms with Gasteiger partial charge in [-0.3, -0.25) is 4.79 Å². The number of carbonyl (C=O) groups is 1. The lowest BCUT2D eigenvalue weighted by molar-refractivity contribution is -0.116. The molecular formula is C8H13NO2. The molecule has 1 fully saturated rings. The van der Waals surface area contributed by atoms with E-state index in [1.807, 2.05) is 0 Å². The molecule has 1 N–H and O–H groups in total. The minimum Gasteiger partial charge on any atom is -0.384 e. The summed E-state index contributed by atoms with van der Waals surface area (Å²) in [5.74, 6) is 0.428. The Hall–Kier alpha value is -0.830. The molecule has 62 valence electrons. The van der Waals surface area contributed by atoms with Gasteiger partial charge in [0, 0.05) is 19.1 Å². The van der Waals surface area contributed by atoms with Gasteiger partial charge in [0.15, 0.2) is 0 Å². The third-order valence-electron chi connectivity index (χ3n) is 1.82. The van der Waals surface area contributed by atoms with Gasteiger partial charge in [-0.05, 0) is 12.5 Å². The van der Waals surface area contributed by atoms with Crippen LogP contribution in [0.5, 0.6) is 0 Å². The van der Waals surface area contributed by atoms with Crippen LogP contribution in [0.1, 0.15) is 6.42 Å². The van der Waals surface area contributed by atoms with E-state index in [-0.39, 0.29) is 5.91 Å². The van der Waals surface area contributed by atoms with Crippen LogP contribution in [0.3, 0.4) is 0 Å². The van der Waals surface area contributed by atoms with E-state index in [4.69, 9.17) is 4.74 Å². The lowest BCUT2D eigenvalue weighted by atomic mass is 10.4. The number of rotatable bonds is 4. The van der Waals surface area contributed by atoms with Crippen molar-refractivity contribution in [2.45, 2.75) is 12.5 Å². The van der Waals surface area contributed by atoms with Crippen molar-refractivity contribution >= 4 is 5.91 Å². The zero-order valence-electron chi connectivity index (χ0n) is 6.67. The van der Waals surface area contributed by atoms with Gasteiger partial charge in [0.05, 0.1) is 6.61 Å². The van der Waals surface area contributed by atoms with Crippen LogP contribution >= 0.6 is 0 Å². The number of hydrogen-bond donors (Lipinski definition) is 1. The van der Waals surface area contributed by atoms with E-state index in [1.165, 1.54) is 6.08 Å². The zero-order chi connectivity index (χ0) is 8.27. The smallest absolute Gasteiger partial charge is 0.243 e. The normalized spacial score (nSPS) is 27.7. The predicted octanol–water partition coefficient (Wildman–Crippen LogP) is 0.323. The topological polar surface area (TPSA) is 38.3 Å². The van der Waals surface area contributed by atoms with Crippen molar-refractivity contribution < 1.29 is 9.53 Å². The largest absolute Gasteiger partial charge is 0.384 e. The maximum atomic E-state index is 10.7. The summed E-state index contributed by atoms with van der Waals surface area (Å²) in [6.45, 7) is 4.11. The highest BCUT2D eigenvalue weighted by atomic mass is 16.5. The molecule has 1 rings (SSSR count). The third-order valence-corrected chi connectivity index (χ3v) is 1.82. The van der Waals surface area contributed by atoms with Crippen LogP contribution in [0.15, 0.2) is 12.7 Å². The molecule has 11 heavy (non-hydrogen) atoms. The molecule has 0 unspecified atom stereocenters. The molecule has 0 bridgehead atoms. The van der Waals surface area contributed by atoms with E-state index >= 15 is 0 Å². The van der Waals surface area contributed by atoms with Crippen LogP contribution < -0.4 is 5.32 Å². The molecule has 3 heteroatoms. The van der Waals surface area contributed by atoms with Crippen LogP contribution in [-0.2, 0) is 9.53 Å². The molecule has 1 aliphatic rings. The van der Waals surface area contributed by atoms with Crippen LogP contribution in [0.25, 0.3) is 0 Å². The first kappa shape index (κ1) is 8.27. The average Bonchev–Trinajstić information content (AvgIpc) is 2.69. The summed E-state index contributed by atoms with van der Waals surface area (Å²) >= 11 is 0. The molecule has 0 aromatic carbocycles. The first-order valence-electron chi connectivity index (χ1n) is 3.69. The summed E-state index contributed by atoms with van der Waals surface area (Å²) in [5, 5.41) is 2.80. The fraction of sp³-hybridized carbons (Fsp3) is 0.625. The second kappa shape index (κ2) is 3.53. The van der Waals surface area contributed by atoms with E-state index < -0.39 is 0 Å². The fourth-order valence-electron chi connectivity index (χ4n) is 1.06. The molecule has 0 aliphatic heterocycles. The first-order valence-corrected chi connectivity index (χ1v) is 3.69. The second-order valence-electron chi connectivity index (χ2n) is 2.77. The van der Waals surface area contributed by atoms with Crippen molar-refractivity contribution in [3.63, 3.8) is 0 Å². The number of nitrogens with one attached hydrogen (secondary N) is 1. The monoisotopic (exact) mass is 155 g/mol. The van der Waals surface area contributed by atoms with Gasteiger partial charge >= 0.3 is 0 Å². The molecular weight excluding hydrogens is 142 g/mol. The molecule has 0 saturated heterocycles. The molecule has 2 atom stereocenters. The summed E-state index contributed by atoms with van der Waals surface area (Å²) in [6, 6.07) is 0.320. The Morgan fingerprint density at radius 2 is 2.64 bits per heavy atom. The molecule has 1 amide bonds. The van der Waals surface area contributed by atoms with Crippen LogP contribution in [-0.4, -0.2) is 25.7 Å². The van der Waals surface area contributed by atoms with Crippen molar-refractivity contribution in [3.05, 3.63) is 12.7 Å². The number of hydrogen-bond acceptors (Lipinski definition) is 2. The van der Waals surface area contributed by atoms with E-state index in [2.05, 4.69) is 11.9 Å². The number of amides is 1. The van der Waals surface area contributed by atoms with Gasteiger partial charge in [-0.15, -0.1) is 0 Å². The van der Waals surface area contributed by atoms with Gasteiger partial charge in [0.1, 0.15) is 0 Å². The molecule has 0 spiro atoms. The summed E-state index contributed by atoms with van der Waals surface area (Å²) < 4.78 is 4.93. The van der Waals surface area contributed by atoms with Gasteiger partial charge in [-0.1, -0.05) is 6.58 Å². The molecule has 0 heterocycles. The zero-order valence-corrected chi connectivity index (χ0v) is 6.67. The fourth-order valence-corrected chi connectivity index (χ4v) is 1.06. The highest BCUT2D eigenvalue weighted by Gasteiger charge is 2.37. The maximum Gasteiger partial charge on any atom is 0.243 e. The standard InChI is InChI=1S/C8H13NO2/c1-3-8(10)9-7-4-6(7)5-11-2/h3,6-7H,1,4-5H2,2H3,(H,9,10)/t6-,7+/m0/s1. The van der Waals surface area contributed by atoms with Crippen molar-refractivity contribution in [2.24, 2.45) is 5.92 Å². The number of carbonyl (C=O) groups excluding carboxylic acids is 1. The van der Waals surface area contributed by atoms with Crippen LogP contribution in [0.4, 0.5) is 0 Å². The Bertz CT molecular complexity index is 167. The minimum absolute atomic E-state index is 0.0893. The molecule has 0 radical (unpaired) electrons. The minimum atomic E-state index is -0.0893. The lowest BCUT2D eigenvalue weighted by Crippen LogP contribution is -2.25. The van der Waals surface area contributed by atoms with Gasteiger partial charge in [0.2, 0.25) is 5.91 Å². The van der Waals surface area contributed by atoms with Crippen molar-refractivity contribution in [2.75, 3.05) is 13.7 Å². The number of ether oxygens (including phenoxy) is 1. The van der Waals surface area contributed by atoms with Gasteiger partial charge in [-0.25, -0.2) is 0 Å². The van der Waals surface area contributed by atoms with E-state index in [0.717, 1.165) is 13.0 Å². The molecule has 0 aromatic heterocycles. The summed E-state index contributed by atoms with van der Waals surface area (Å²) in [6.07, 6.45) is 2.33. The summed E-state index contributed by atoms with van der Waals surface area (Å²) in [7, 11) is 1.67. The lowest BCUT2D eigenvalue weighted by Gasteiger charge is -1.99. The highest BCUT2D eigenvalue weighted by molar-refractivity contribution is 5.87. The Kier molecular flexibility index (Phi) is 2.65. The van der Waals surface area contributed by atoms with Gasteiger partial charge < -0.3 is 10.1 Å². The van der Waals surface area contributed by atoms with E-state index in [9.17, 15) is 4.79 Å². The van der Waals surface area contributed by atoms with Crippen molar-refractivity contribution in [1.29, 1.82) is 0 Å². The summed E-state index contributed by atoms with van der Waals surface area (Å²) in [4.78, 5) is 10.7. The summed E-state index contributed by atoms with van der Waals surface area (Å²) in [5.41, 5.74) is 0. The SMILES string of the molecule is C=CC(=O)N[C@@H]1C[C@H]1COC. The Balaban J connectivity index is 2.13. The average molecular weight is 155 g/mol. The quantitative estimate of drug-likeness (QED) is 0.594. The molecule has 1 saturated carbocycles. The molecule has 1 aliphatic carbocycles. The number of methoxy groups -OCH3 is 1. The Morgan fingerprint density at radius 1 is 1.91 bits per heavy atom. The predicted molar refractivity (Wildman–Crippen MR) is 42.1 cm³/mol. The van der Waals surface area contributed by atoms with Gasteiger partial charge in [0.25, 0.3) is 0 Å². The van der Waals surface area contributed by atoms with Crippen LogP contribution in [0.2, 0.25) is 0 Å². The molecule has 0 aromatic rings. The van der Waals surface area contributed by atoms with Gasteiger partial charge in [-0.2, -0.15) is 0 Å².